The molecule has 0 N–H and O–H groups in total. The average molecular weight is 273 g/mol. The van der Waals surface area contributed by atoms with Gasteiger partial charge in [-0.25, -0.2) is 4.98 Å². The number of benzene rings is 1. The molecule has 0 spiro atoms. The summed E-state index contributed by atoms with van der Waals surface area (Å²) < 4.78 is 0.791. The molecule has 2 rings (SSSR count). The molecule has 0 amide bonds. The molecule has 20 heavy (non-hydrogen) atoms. The lowest BCUT2D eigenvalue weighted by molar-refractivity contribution is -0.578. The van der Waals surface area contributed by atoms with E-state index in [9.17, 15) is 15.1 Å². The Morgan fingerprint density at radius 1 is 1.40 bits per heavy atom. The second-order valence-electron chi connectivity index (χ2n) is 5.94. The fourth-order valence-electron chi connectivity index (χ4n) is 2.32. The van der Waals surface area contributed by atoms with Crippen LogP contribution < -0.4 is 9.84 Å². The standard InChI is InChI=1S/C15H18N2O3/c1-10-4-5-12-13(6-10)17(20)9-11(16-12)7-15(2,3)8-14(18)19/h4-6,9H,7-8H2,1-3H3,(H,18,19)/p-1. The van der Waals surface area contributed by atoms with Crippen molar-refractivity contribution in [3.05, 3.63) is 40.9 Å². The maximum Gasteiger partial charge on any atom is 0.242 e. The van der Waals surface area contributed by atoms with Crippen molar-refractivity contribution in [2.24, 2.45) is 5.41 Å². The molecule has 0 atom stereocenters. The maximum atomic E-state index is 12.0. The zero-order valence-corrected chi connectivity index (χ0v) is 11.8. The van der Waals surface area contributed by atoms with Gasteiger partial charge in [0.15, 0.2) is 0 Å². The molecular weight excluding hydrogens is 256 g/mol. The molecule has 0 bridgehead atoms. The fourth-order valence-corrected chi connectivity index (χ4v) is 2.32. The first-order valence-electron chi connectivity index (χ1n) is 6.46. The van der Waals surface area contributed by atoms with E-state index in [4.69, 9.17) is 0 Å². The van der Waals surface area contributed by atoms with E-state index in [-0.39, 0.29) is 6.42 Å². The van der Waals surface area contributed by atoms with Gasteiger partial charge < -0.3 is 15.1 Å². The molecule has 0 aliphatic rings. The van der Waals surface area contributed by atoms with Gasteiger partial charge in [-0.3, -0.25) is 0 Å². The van der Waals surface area contributed by atoms with Crippen molar-refractivity contribution in [2.45, 2.75) is 33.6 Å². The number of carboxylic acid groups (broad SMARTS) is 1. The van der Waals surface area contributed by atoms with E-state index in [1.807, 2.05) is 26.8 Å². The number of carboxylic acids is 1. The van der Waals surface area contributed by atoms with Crippen LogP contribution in [0.3, 0.4) is 0 Å². The van der Waals surface area contributed by atoms with Crippen LogP contribution >= 0.6 is 0 Å². The molecule has 0 saturated carbocycles. The van der Waals surface area contributed by atoms with Gasteiger partial charge in [0.1, 0.15) is 11.2 Å². The van der Waals surface area contributed by atoms with Gasteiger partial charge in [0, 0.05) is 18.5 Å². The minimum Gasteiger partial charge on any atom is -0.618 e. The highest BCUT2D eigenvalue weighted by Crippen LogP contribution is 2.25. The van der Waals surface area contributed by atoms with Gasteiger partial charge >= 0.3 is 0 Å². The minimum atomic E-state index is -1.10. The highest BCUT2D eigenvalue weighted by atomic mass is 16.5. The van der Waals surface area contributed by atoms with E-state index in [1.54, 1.807) is 12.1 Å². The Hall–Kier alpha value is -2.17. The van der Waals surface area contributed by atoms with Crippen molar-refractivity contribution in [2.75, 3.05) is 0 Å². The van der Waals surface area contributed by atoms with Crippen LogP contribution in [0.1, 0.15) is 31.5 Å². The van der Waals surface area contributed by atoms with Crippen LogP contribution in [-0.4, -0.2) is 11.0 Å². The number of aromatic nitrogens is 2. The number of hydrogen-bond donors (Lipinski definition) is 0. The smallest absolute Gasteiger partial charge is 0.242 e. The number of hydrogen-bond acceptors (Lipinski definition) is 4. The Bertz CT molecular complexity index is 665. The topological polar surface area (TPSA) is 80.0 Å². The first-order chi connectivity index (χ1) is 9.27. The number of carbonyl (C=O) groups excluding carboxylic acids is 1. The van der Waals surface area contributed by atoms with E-state index >= 15 is 0 Å². The summed E-state index contributed by atoms with van der Waals surface area (Å²) in [7, 11) is 0. The van der Waals surface area contributed by atoms with Gasteiger partial charge in [-0.1, -0.05) is 19.9 Å². The largest absolute Gasteiger partial charge is 0.618 e. The molecule has 0 fully saturated rings. The molecule has 5 nitrogen and oxygen atoms in total. The molecule has 0 radical (unpaired) electrons. The van der Waals surface area contributed by atoms with Crippen molar-refractivity contribution >= 4 is 17.0 Å². The molecule has 0 aliphatic carbocycles. The molecule has 1 heterocycles. The number of carbonyl (C=O) groups is 1. The van der Waals surface area contributed by atoms with Crippen molar-refractivity contribution < 1.29 is 14.6 Å². The Kier molecular flexibility index (Phi) is 3.61. The lowest BCUT2D eigenvalue weighted by Gasteiger charge is -2.24. The van der Waals surface area contributed by atoms with Gasteiger partial charge in [0.25, 0.3) is 0 Å². The van der Waals surface area contributed by atoms with Crippen molar-refractivity contribution in [1.29, 1.82) is 0 Å². The lowest BCUT2D eigenvalue weighted by Crippen LogP contribution is -2.32. The van der Waals surface area contributed by atoms with Crippen LogP contribution in [0.25, 0.3) is 11.0 Å². The molecule has 0 saturated heterocycles. The van der Waals surface area contributed by atoms with E-state index in [0.717, 1.165) is 10.3 Å². The Balaban J connectivity index is 2.37. The average Bonchev–Trinajstić information content (AvgIpc) is 2.27. The second-order valence-corrected chi connectivity index (χ2v) is 5.94. The zero-order chi connectivity index (χ0) is 14.9. The third kappa shape index (κ3) is 3.23. The van der Waals surface area contributed by atoms with E-state index in [0.29, 0.717) is 23.1 Å². The highest BCUT2D eigenvalue weighted by molar-refractivity contribution is 5.71. The molecular formula is C15H17N2O3-. The van der Waals surface area contributed by atoms with Crippen LogP contribution in [0.2, 0.25) is 0 Å². The Morgan fingerprint density at radius 2 is 2.10 bits per heavy atom. The molecule has 5 heteroatoms. The number of aliphatic carboxylic acids is 1. The number of nitrogens with zero attached hydrogens (tertiary/aromatic N) is 2. The number of fused-ring (bicyclic) bond motifs is 1. The van der Waals surface area contributed by atoms with Gasteiger partial charge in [0.05, 0.1) is 0 Å². The SMILES string of the molecule is Cc1ccc2nc(CC(C)(C)CC(=O)[O-])c[n+]([O-])c2c1. The Labute approximate surface area is 117 Å². The summed E-state index contributed by atoms with van der Waals surface area (Å²) >= 11 is 0. The van der Waals surface area contributed by atoms with E-state index in [1.165, 1.54) is 6.20 Å². The zero-order valence-electron chi connectivity index (χ0n) is 11.8. The normalized spacial score (nSPS) is 11.8. The fraction of sp³-hybridized carbons (Fsp3) is 0.400. The number of aryl methyl sites for hydroxylation is 1. The predicted molar refractivity (Wildman–Crippen MR) is 72.5 cm³/mol. The van der Waals surface area contributed by atoms with Gasteiger partial charge in [-0.2, -0.15) is 4.73 Å². The van der Waals surface area contributed by atoms with Gasteiger partial charge in [-0.05, 0) is 30.4 Å². The third-order valence-corrected chi connectivity index (χ3v) is 3.18. The highest BCUT2D eigenvalue weighted by Gasteiger charge is 2.22. The molecule has 0 aliphatic heterocycles. The molecule has 106 valence electrons. The minimum absolute atomic E-state index is 0.0700. The summed E-state index contributed by atoms with van der Waals surface area (Å²) in [6, 6.07) is 5.48. The quantitative estimate of drug-likeness (QED) is 0.612. The third-order valence-electron chi connectivity index (χ3n) is 3.18. The van der Waals surface area contributed by atoms with Gasteiger partial charge in [-0.15, -0.1) is 0 Å². The molecule has 1 aromatic heterocycles. The molecule has 0 unspecified atom stereocenters. The van der Waals surface area contributed by atoms with E-state index < -0.39 is 11.4 Å². The van der Waals surface area contributed by atoms with Crippen molar-refractivity contribution in [1.82, 2.24) is 4.98 Å². The summed E-state index contributed by atoms with van der Waals surface area (Å²) in [5, 5.41) is 22.7. The monoisotopic (exact) mass is 273 g/mol. The summed E-state index contributed by atoms with van der Waals surface area (Å²) in [5.74, 6) is -1.10. The first-order valence-corrected chi connectivity index (χ1v) is 6.46. The first kappa shape index (κ1) is 14.2. The summed E-state index contributed by atoms with van der Waals surface area (Å²) in [6.45, 7) is 5.55. The van der Waals surface area contributed by atoms with Crippen molar-refractivity contribution in [3.8, 4) is 0 Å². The summed E-state index contributed by atoms with van der Waals surface area (Å²) in [5.41, 5.74) is 2.22. The van der Waals surface area contributed by atoms with Crippen molar-refractivity contribution in [3.63, 3.8) is 0 Å². The lowest BCUT2D eigenvalue weighted by atomic mass is 9.84. The molecule has 1 aromatic carbocycles. The van der Waals surface area contributed by atoms with Gasteiger partial charge in [0.2, 0.25) is 11.7 Å². The van der Waals surface area contributed by atoms with Crippen LogP contribution in [0, 0.1) is 17.5 Å². The second kappa shape index (κ2) is 5.07. The Morgan fingerprint density at radius 3 is 2.75 bits per heavy atom. The maximum absolute atomic E-state index is 12.0. The predicted octanol–water partition coefficient (Wildman–Crippen LogP) is 0.885. The van der Waals surface area contributed by atoms with Crippen LogP contribution in [0.4, 0.5) is 0 Å². The summed E-state index contributed by atoms with van der Waals surface area (Å²) in [4.78, 5) is 15.2. The summed E-state index contributed by atoms with van der Waals surface area (Å²) in [6.07, 6.45) is 1.76. The van der Waals surface area contributed by atoms with Crippen LogP contribution in [-0.2, 0) is 11.2 Å². The van der Waals surface area contributed by atoms with Crippen LogP contribution in [0.5, 0.6) is 0 Å². The number of rotatable bonds is 4. The van der Waals surface area contributed by atoms with E-state index in [2.05, 4.69) is 4.98 Å². The molecule has 2 aromatic rings. The van der Waals surface area contributed by atoms with Crippen LogP contribution in [0.15, 0.2) is 24.4 Å².